The fourth-order valence-electron chi connectivity index (χ4n) is 4.63. The van der Waals surface area contributed by atoms with E-state index in [9.17, 15) is 14.7 Å². The molecular weight excluding hydrogens is 378 g/mol. The van der Waals surface area contributed by atoms with E-state index in [1.807, 2.05) is 24.3 Å². The molecule has 0 radical (unpaired) electrons. The van der Waals surface area contributed by atoms with Crippen molar-refractivity contribution in [1.82, 2.24) is 16.2 Å². The van der Waals surface area contributed by atoms with Crippen LogP contribution in [0.2, 0.25) is 5.02 Å². The topological polar surface area (TPSA) is 90.5 Å². The summed E-state index contributed by atoms with van der Waals surface area (Å²) in [5.74, 6) is -0.698. The minimum absolute atomic E-state index is 0.0170. The molecule has 2 aliphatic rings. The number of carboxylic acid groups (broad SMARTS) is 1. The van der Waals surface area contributed by atoms with Gasteiger partial charge in [0.1, 0.15) is 0 Å². The minimum Gasteiger partial charge on any atom is -0.481 e. The molecule has 1 saturated heterocycles. The molecular formula is C21H30ClN3O3. The molecule has 1 aliphatic heterocycles. The van der Waals surface area contributed by atoms with Crippen LogP contribution < -0.4 is 16.2 Å². The molecule has 1 aromatic rings. The SMILES string of the molecule is CC1NNC(c2ccc(Cl)cc2)C1CC(=O)NCC1(CC(=O)O)CCCCC1. The Labute approximate surface area is 171 Å². The molecule has 6 nitrogen and oxygen atoms in total. The van der Waals surface area contributed by atoms with Crippen LogP contribution in [0.15, 0.2) is 24.3 Å². The van der Waals surface area contributed by atoms with Crippen LogP contribution >= 0.6 is 11.6 Å². The van der Waals surface area contributed by atoms with Crippen molar-refractivity contribution in [1.29, 1.82) is 0 Å². The van der Waals surface area contributed by atoms with Crippen molar-refractivity contribution in [2.75, 3.05) is 6.54 Å². The normalized spacial score (nSPS) is 26.7. The van der Waals surface area contributed by atoms with E-state index in [2.05, 4.69) is 23.1 Å². The number of hydrogen-bond donors (Lipinski definition) is 4. The van der Waals surface area contributed by atoms with Crippen LogP contribution in [0.3, 0.4) is 0 Å². The van der Waals surface area contributed by atoms with Gasteiger partial charge >= 0.3 is 5.97 Å². The van der Waals surface area contributed by atoms with Crippen molar-refractivity contribution in [3.05, 3.63) is 34.9 Å². The van der Waals surface area contributed by atoms with E-state index in [1.165, 1.54) is 0 Å². The lowest BCUT2D eigenvalue weighted by atomic mass is 9.71. The first-order valence-electron chi connectivity index (χ1n) is 10.1. The first-order valence-corrected chi connectivity index (χ1v) is 10.5. The molecule has 7 heteroatoms. The van der Waals surface area contributed by atoms with Gasteiger partial charge < -0.3 is 10.4 Å². The third-order valence-corrected chi connectivity index (χ3v) is 6.54. The van der Waals surface area contributed by atoms with Crippen LogP contribution in [-0.4, -0.2) is 29.6 Å². The second-order valence-electron chi connectivity index (χ2n) is 8.38. The van der Waals surface area contributed by atoms with Crippen molar-refractivity contribution in [2.45, 2.75) is 64.0 Å². The summed E-state index contributed by atoms with van der Waals surface area (Å²) >= 11 is 5.99. The fourth-order valence-corrected chi connectivity index (χ4v) is 4.76. The maximum atomic E-state index is 12.7. The summed E-state index contributed by atoms with van der Waals surface area (Å²) in [5, 5.41) is 13.0. The second kappa shape index (κ2) is 9.25. The first-order chi connectivity index (χ1) is 13.4. The lowest BCUT2D eigenvalue weighted by Crippen LogP contribution is -2.41. The Balaban J connectivity index is 1.60. The summed E-state index contributed by atoms with van der Waals surface area (Å²) in [6, 6.07) is 7.85. The van der Waals surface area contributed by atoms with Crippen molar-refractivity contribution in [3.63, 3.8) is 0 Å². The number of benzene rings is 1. The van der Waals surface area contributed by atoms with Gasteiger partial charge in [0.15, 0.2) is 0 Å². The van der Waals surface area contributed by atoms with E-state index < -0.39 is 5.97 Å². The Hall–Kier alpha value is -1.63. The van der Waals surface area contributed by atoms with E-state index in [4.69, 9.17) is 11.6 Å². The molecule has 4 N–H and O–H groups in total. The highest BCUT2D eigenvalue weighted by atomic mass is 35.5. The van der Waals surface area contributed by atoms with Gasteiger partial charge in [-0.05, 0) is 42.9 Å². The smallest absolute Gasteiger partial charge is 0.303 e. The summed E-state index contributed by atoms with van der Waals surface area (Å²) in [6.07, 6.45) is 5.48. The van der Waals surface area contributed by atoms with Crippen LogP contribution in [0, 0.1) is 11.3 Å². The van der Waals surface area contributed by atoms with E-state index in [-0.39, 0.29) is 35.7 Å². The van der Waals surface area contributed by atoms with Gasteiger partial charge in [0.05, 0.1) is 12.5 Å². The third kappa shape index (κ3) is 5.25. The molecule has 1 saturated carbocycles. The summed E-state index contributed by atoms with van der Waals surface area (Å²) in [5.41, 5.74) is 7.32. The standard InChI is InChI=1S/C21H30ClN3O3/c1-14-17(20(25-24-14)15-5-7-16(22)8-6-15)11-18(26)23-13-21(12-19(27)28)9-3-2-4-10-21/h5-8,14,17,20,24-25H,2-4,9-13H2,1H3,(H,23,26)(H,27,28). The van der Waals surface area contributed by atoms with Gasteiger partial charge in [-0.15, -0.1) is 0 Å². The second-order valence-corrected chi connectivity index (χ2v) is 8.82. The summed E-state index contributed by atoms with van der Waals surface area (Å²) < 4.78 is 0. The zero-order chi connectivity index (χ0) is 20.1. The molecule has 3 atom stereocenters. The highest BCUT2D eigenvalue weighted by molar-refractivity contribution is 6.30. The number of rotatable bonds is 7. The fraction of sp³-hybridized carbons (Fsp3) is 0.619. The van der Waals surface area contributed by atoms with Crippen molar-refractivity contribution in [2.24, 2.45) is 11.3 Å². The van der Waals surface area contributed by atoms with Gasteiger partial charge in [0.25, 0.3) is 0 Å². The molecule has 1 aliphatic carbocycles. The number of nitrogens with one attached hydrogen (secondary N) is 3. The molecule has 2 fully saturated rings. The van der Waals surface area contributed by atoms with Gasteiger partial charge in [-0.3, -0.25) is 15.0 Å². The number of aliphatic carboxylic acids is 1. The average molecular weight is 408 g/mol. The molecule has 1 heterocycles. The van der Waals surface area contributed by atoms with Gasteiger partial charge in [-0.1, -0.05) is 43.0 Å². The minimum atomic E-state index is -0.781. The Morgan fingerprint density at radius 2 is 1.86 bits per heavy atom. The lowest BCUT2D eigenvalue weighted by molar-refractivity contribution is -0.140. The quantitative estimate of drug-likeness (QED) is 0.556. The number of amides is 1. The van der Waals surface area contributed by atoms with Crippen LogP contribution in [0.25, 0.3) is 0 Å². The zero-order valence-corrected chi connectivity index (χ0v) is 17.1. The lowest BCUT2D eigenvalue weighted by Gasteiger charge is -2.36. The number of hydrazine groups is 1. The van der Waals surface area contributed by atoms with Crippen LogP contribution in [0.5, 0.6) is 0 Å². The van der Waals surface area contributed by atoms with E-state index in [0.717, 1.165) is 37.7 Å². The number of halogens is 1. The number of carbonyl (C=O) groups excluding carboxylic acids is 1. The first kappa shape index (κ1) is 21.1. The van der Waals surface area contributed by atoms with Crippen LogP contribution in [-0.2, 0) is 9.59 Å². The van der Waals surface area contributed by atoms with Gasteiger partial charge in [-0.25, -0.2) is 5.43 Å². The third-order valence-electron chi connectivity index (χ3n) is 6.29. The van der Waals surface area contributed by atoms with E-state index >= 15 is 0 Å². The summed E-state index contributed by atoms with van der Waals surface area (Å²) in [6.45, 7) is 2.51. The molecule has 0 bridgehead atoms. The largest absolute Gasteiger partial charge is 0.481 e. The monoisotopic (exact) mass is 407 g/mol. The van der Waals surface area contributed by atoms with Gasteiger partial charge in [0.2, 0.25) is 5.91 Å². The number of hydrogen-bond acceptors (Lipinski definition) is 4. The van der Waals surface area contributed by atoms with Gasteiger partial charge in [-0.2, -0.15) is 0 Å². The molecule has 154 valence electrons. The highest BCUT2D eigenvalue weighted by Gasteiger charge is 2.37. The average Bonchev–Trinajstić information content (AvgIpc) is 3.01. The maximum Gasteiger partial charge on any atom is 0.303 e. The number of carboxylic acids is 1. The van der Waals surface area contributed by atoms with Crippen LogP contribution in [0.4, 0.5) is 0 Å². The highest BCUT2D eigenvalue weighted by Crippen LogP contribution is 2.39. The van der Waals surface area contributed by atoms with E-state index in [0.29, 0.717) is 18.0 Å². The summed E-state index contributed by atoms with van der Waals surface area (Å²) in [7, 11) is 0. The Morgan fingerprint density at radius 3 is 2.50 bits per heavy atom. The van der Waals surface area contributed by atoms with Gasteiger partial charge in [0, 0.05) is 29.9 Å². The van der Waals surface area contributed by atoms with Crippen LogP contribution in [0.1, 0.15) is 63.5 Å². The predicted octanol–water partition coefficient (Wildman–Crippen LogP) is 3.43. The molecule has 3 rings (SSSR count). The predicted molar refractivity (Wildman–Crippen MR) is 109 cm³/mol. The maximum absolute atomic E-state index is 12.7. The Morgan fingerprint density at radius 1 is 1.18 bits per heavy atom. The zero-order valence-electron chi connectivity index (χ0n) is 16.3. The summed E-state index contributed by atoms with van der Waals surface area (Å²) in [4.78, 5) is 24.0. The number of carbonyl (C=O) groups is 2. The molecule has 3 unspecified atom stereocenters. The molecule has 1 aromatic carbocycles. The molecule has 28 heavy (non-hydrogen) atoms. The van der Waals surface area contributed by atoms with Crippen molar-refractivity contribution < 1.29 is 14.7 Å². The molecule has 0 spiro atoms. The Bertz CT molecular complexity index is 689. The van der Waals surface area contributed by atoms with Crippen molar-refractivity contribution in [3.8, 4) is 0 Å². The molecule has 0 aromatic heterocycles. The Kier molecular flexibility index (Phi) is 6.96. The van der Waals surface area contributed by atoms with Crippen molar-refractivity contribution >= 4 is 23.5 Å². The van der Waals surface area contributed by atoms with E-state index in [1.54, 1.807) is 0 Å². The molecule has 1 amide bonds.